The van der Waals surface area contributed by atoms with Crippen molar-refractivity contribution in [1.29, 1.82) is 0 Å². The van der Waals surface area contributed by atoms with Gasteiger partial charge in [-0.3, -0.25) is 14.6 Å². The maximum Gasteiger partial charge on any atom is 0.291 e. The molecule has 2 aliphatic rings. The lowest BCUT2D eigenvalue weighted by Crippen LogP contribution is -3.14. The molecule has 1 fully saturated rings. The molecule has 8 heteroatoms. The average molecular weight is 422 g/mol. The molecule has 1 aromatic carbocycles. The topological polar surface area (TPSA) is 86.3 Å². The number of fused-ring (bicyclic) bond motifs is 2. The predicted molar refractivity (Wildman–Crippen MR) is 113 cm³/mol. The quantitative estimate of drug-likeness (QED) is 0.650. The van der Waals surface area contributed by atoms with Crippen LogP contribution in [0.2, 0.25) is 0 Å². The number of rotatable bonds is 5. The second kappa shape index (κ2) is 8.13. The first-order chi connectivity index (χ1) is 15.2. The monoisotopic (exact) mass is 422 g/mol. The number of aromatic nitrogens is 1. The number of carbonyl (C=O) groups excluding carboxylic acids is 1. The first kappa shape index (κ1) is 19.7. The van der Waals surface area contributed by atoms with Crippen LogP contribution in [0.25, 0.3) is 11.0 Å². The van der Waals surface area contributed by atoms with E-state index in [2.05, 4.69) is 4.98 Å². The van der Waals surface area contributed by atoms with Crippen molar-refractivity contribution in [2.24, 2.45) is 0 Å². The third-order valence-electron chi connectivity index (χ3n) is 6.05. The Bertz CT molecular complexity index is 1170. The second-order valence-electron chi connectivity index (χ2n) is 7.80. The Labute approximate surface area is 179 Å². The number of benzene rings is 1. The third kappa shape index (κ3) is 3.47. The molecule has 4 heterocycles. The number of nitrogens with zero attached hydrogens (tertiary/aromatic N) is 2. The maximum absolute atomic E-state index is 13.5. The Morgan fingerprint density at radius 3 is 2.77 bits per heavy atom. The van der Waals surface area contributed by atoms with E-state index in [4.69, 9.17) is 13.9 Å². The number of methoxy groups -OCH3 is 1. The van der Waals surface area contributed by atoms with E-state index < -0.39 is 6.04 Å². The molecular formula is C23H24N3O5+. The van der Waals surface area contributed by atoms with Crippen LogP contribution < -0.4 is 15.1 Å². The van der Waals surface area contributed by atoms with Gasteiger partial charge in [-0.1, -0.05) is 6.07 Å². The molecule has 2 aromatic heterocycles. The largest absolute Gasteiger partial charge is 0.497 e. The van der Waals surface area contributed by atoms with E-state index in [0.29, 0.717) is 34.5 Å². The van der Waals surface area contributed by atoms with Gasteiger partial charge in [-0.2, -0.15) is 0 Å². The molecule has 0 unspecified atom stereocenters. The van der Waals surface area contributed by atoms with E-state index in [1.54, 1.807) is 36.4 Å². The minimum atomic E-state index is -0.563. The summed E-state index contributed by atoms with van der Waals surface area (Å²) >= 11 is 0. The van der Waals surface area contributed by atoms with Crippen molar-refractivity contribution >= 4 is 16.9 Å². The van der Waals surface area contributed by atoms with Crippen molar-refractivity contribution in [3.8, 4) is 5.75 Å². The highest BCUT2D eigenvalue weighted by molar-refractivity contribution is 5.99. The van der Waals surface area contributed by atoms with Gasteiger partial charge in [0.1, 0.15) is 30.5 Å². The Hall–Kier alpha value is -3.23. The van der Waals surface area contributed by atoms with Gasteiger partial charge in [0, 0.05) is 12.3 Å². The molecule has 0 spiro atoms. The number of pyridine rings is 1. The summed E-state index contributed by atoms with van der Waals surface area (Å²) < 4.78 is 16.7. The van der Waals surface area contributed by atoms with Gasteiger partial charge < -0.3 is 23.7 Å². The minimum absolute atomic E-state index is 0.0957. The Morgan fingerprint density at radius 1 is 1.19 bits per heavy atom. The van der Waals surface area contributed by atoms with Gasteiger partial charge in [-0.05, 0) is 24.3 Å². The highest BCUT2D eigenvalue weighted by Gasteiger charge is 2.43. The zero-order valence-electron chi connectivity index (χ0n) is 17.3. The van der Waals surface area contributed by atoms with Crippen molar-refractivity contribution in [1.82, 2.24) is 9.88 Å². The summed E-state index contributed by atoms with van der Waals surface area (Å²) in [5, 5.41) is 0.425. The highest BCUT2D eigenvalue weighted by atomic mass is 16.5. The summed E-state index contributed by atoms with van der Waals surface area (Å²) in [5.41, 5.74) is 1.16. The Morgan fingerprint density at radius 2 is 2.03 bits per heavy atom. The molecule has 1 N–H and O–H groups in total. The van der Waals surface area contributed by atoms with Gasteiger partial charge in [0.25, 0.3) is 5.91 Å². The van der Waals surface area contributed by atoms with Crippen LogP contribution in [0.15, 0.2) is 51.8 Å². The van der Waals surface area contributed by atoms with E-state index in [1.807, 2.05) is 18.2 Å². The van der Waals surface area contributed by atoms with Gasteiger partial charge in [-0.15, -0.1) is 0 Å². The molecule has 0 saturated carbocycles. The molecule has 0 radical (unpaired) electrons. The first-order valence-corrected chi connectivity index (χ1v) is 10.5. The second-order valence-corrected chi connectivity index (χ2v) is 7.80. The van der Waals surface area contributed by atoms with Crippen molar-refractivity contribution in [2.75, 3.05) is 46.5 Å². The fourth-order valence-electron chi connectivity index (χ4n) is 4.39. The van der Waals surface area contributed by atoms with Crippen LogP contribution in [0.4, 0.5) is 0 Å². The summed E-state index contributed by atoms with van der Waals surface area (Å²) in [6.45, 7) is 4.53. The first-order valence-electron chi connectivity index (χ1n) is 10.5. The SMILES string of the molecule is COc1ccc2c(=O)c3c(oc2c1)C(=O)N(CC[NH+]1CCOCC1)[C@@H]3c1ccccn1. The molecule has 1 amide bonds. The minimum Gasteiger partial charge on any atom is -0.497 e. The number of carbonyl (C=O) groups is 1. The van der Waals surface area contributed by atoms with Crippen molar-refractivity contribution in [3.05, 3.63) is 69.8 Å². The molecule has 5 rings (SSSR count). The highest BCUT2D eigenvalue weighted by Crippen LogP contribution is 2.37. The van der Waals surface area contributed by atoms with Crippen LogP contribution in [0.5, 0.6) is 5.75 Å². The van der Waals surface area contributed by atoms with Gasteiger partial charge >= 0.3 is 0 Å². The van der Waals surface area contributed by atoms with Gasteiger partial charge in [0.05, 0.1) is 50.1 Å². The predicted octanol–water partition coefficient (Wildman–Crippen LogP) is 0.657. The van der Waals surface area contributed by atoms with Crippen LogP contribution in [-0.2, 0) is 4.74 Å². The van der Waals surface area contributed by atoms with E-state index in [0.717, 1.165) is 32.8 Å². The van der Waals surface area contributed by atoms with Crippen molar-refractivity contribution < 1.29 is 23.6 Å². The number of amides is 1. The summed E-state index contributed by atoms with van der Waals surface area (Å²) in [5.74, 6) is 0.383. The molecule has 0 aliphatic carbocycles. The van der Waals surface area contributed by atoms with Crippen molar-refractivity contribution in [3.63, 3.8) is 0 Å². The Balaban J connectivity index is 1.59. The van der Waals surface area contributed by atoms with E-state index >= 15 is 0 Å². The normalized spacial score (nSPS) is 19.1. The molecule has 3 aromatic rings. The molecule has 31 heavy (non-hydrogen) atoms. The summed E-state index contributed by atoms with van der Waals surface area (Å²) in [7, 11) is 1.55. The number of nitrogens with one attached hydrogen (secondary N) is 1. The lowest BCUT2D eigenvalue weighted by molar-refractivity contribution is -0.907. The third-order valence-corrected chi connectivity index (χ3v) is 6.05. The molecule has 1 atom stereocenters. The lowest BCUT2D eigenvalue weighted by Gasteiger charge is -2.28. The van der Waals surface area contributed by atoms with Gasteiger partial charge in [0.2, 0.25) is 5.76 Å². The zero-order valence-corrected chi connectivity index (χ0v) is 17.3. The fourth-order valence-corrected chi connectivity index (χ4v) is 4.39. The van der Waals surface area contributed by atoms with E-state index in [9.17, 15) is 9.59 Å². The number of ether oxygens (including phenoxy) is 2. The fraction of sp³-hybridized carbons (Fsp3) is 0.348. The van der Waals surface area contributed by atoms with Gasteiger partial charge in [-0.25, -0.2) is 0 Å². The lowest BCUT2D eigenvalue weighted by atomic mass is 10.0. The molecule has 160 valence electrons. The van der Waals surface area contributed by atoms with E-state index in [-0.39, 0.29) is 17.1 Å². The smallest absolute Gasteiger partial charge is 0.291 e. The van der Waals surface area contributed by atoms with E-state index in [1.165, 1.54) is 4.90 Å². The number of quaternary nitrogens is 1. The standard InChI is InChI=1S/C23H23N3O5/c1-29-15-5-6-16-18(14-15)31-22-19(21(16)27)20(17-4-2-3-7-24-17)26(23(22)28)9-8-25-10-12-30-13-11-25/h2-7,14,20H,8-13H2,1H3/p+1/t20-/m1/s1. The van der Waals surface area contributed by atoms with Crippen LogP contribution in [-0.4, -0.2) is 62.3 Å². The zero-order chi connectivity index (χ0) is 21.4. The number of hydrogen-bond donors (Lipinski definition) is 1. The summed E-state index contributed by atoms with van der Waals surface area (Å²) in [6.07, 6.45) is 1.68. The van der Waals surface area contributed by atoms with Crippen LogP contribution in [0.1, 0.15) is 27.9 Å². The summed E-state index contributed by atoms with van der Waals surface area (Å²) in [4.78, 5) is 34.4. The molecule has 2 aliphatic heterocycles. The molecular weight excluding hydrogens is 398 g/mol. The van der Waals surface area contributed by atoms with Crippen LogP contribution >= 0.6 is 0 Å². The molecule has 0 bridgehead atoms. The molecule has 8 nitrogen and oxygen atoms in total. The Kier molecular flexibility index (Phi) is 5.17. The van der Waals surface area contributed by atoms with Crippen LogP contribution in [0.3, 0.4) is 0 Å². The van der Waals surface area contributed by atoms with Crippen molar-refractivity contribution in [2.45, 2.75) is 6.04 Å². The average Bonchev–Trinajstić information content (AvgIpc) is 3.10. The number of morpholine rings is 1. The number of hydrogen-bond acceptors (Lipinski definition) is 6. The van der Waals surface area contributed by atoms with Gasteiger partial charge in [0.15, 0.2) is 5.43 Å². The maximum atomic E-state index is 13.5. The molecule has 1 saturated heterocycles. The van der Waals surface area contributed by atoms with Crippen LogP contribution in [0, 0.1) is 0 Å². The summed E-state index contributed by atoms with van der Waals surface area (Å²) in [6, 6.07) is 10.0.